The number of nitrogens with one attached hydrogen (secondary N) is 1. The van der Waals surface area contributed by atoms with Crippen molar-refractivity contribution in [3.63, 3.8) is 0 Å². The monoisotopic (exact) mass is 299 g/mol. The van der Waals surface area contributed by atoms with Crippen LogP contribution in [-0.2, 0) is 4.79 Å². The molecule has 2 rings (SSSR count). The fraction of sp³-hybridized carbons (Fsp3) is 0.412. The summed E-state index contributed by atoms with van der Waals surface area (Å²) in [5.74, 6) is 0.464. The number of carbonyl (C=O) groups is 1. The number of benzene rings is 1. The Balaban J connectivity index is 2.14. The third-order valence-electron chi connectivity index (χ3n) is 3.72. The molecule has 1 heterocycles. The first kappa shape index (κ1) is 15.9. The van der Waals surface area contributed by atoms with Crippen LogP contribution >= 0.6 is 0 Å². The average molecular weight is 299 g/mol. The van der Waals surface area contributed by atoms with Crippen LogP contribution in [0.15, 0.2) is 30.0 Å². The lowest BCUT2D eigenvalue weighted by Gasteiger charge is -2.26. The first-order chi connectivity index (χ1) is 10.7. The number of ether oxygens (including phenoxy) is 1. The molecule has 1 fully saturated rings. The molecule has 1 amide bonds. The van der Waals surface area contributed by atoms with E-state index in [4.69, 9.17) is 4.74 Å². The fourth-order valence-corrected chi connectivity index (χ4v) is 2.49. The minimum absolute atomic E-state index is 0.116. The maximum absolute atomic E-state index is 12.3. The molecule has 0 saturated carbocycles. The Morgan fingerprint density at radius 2 is 2.09 bits per heavy atom. The second-order valence-corrected chi connectivity index (χ2v) is 5.37. The van der Waals surface area contributed by atoms with E-state index < -0.39 is 0 Å². The minimum atomic E-state index is -0.207. The molecule has 0 radical (unpaired) electrons. The topological polar surface area (TPSA) is 65.4 Å². The summed E-state index contributed by atoms with van der Waals surface area (Å²) in [6.07, 6.45) is 4.62. The molecule has 5 nitrogen and oxygen atoms in total. The molecule has 116 valence electrons. The van der Waals surface area contributed by atoms with Crippen LogP contribution < -0.4 is 10.1 Å². The summed E-state index contributed by atoms with van der Waals surface area (Å²) in [7, 11) is 1.59. The minimum Gasteiger partial charge on any atom is -0.495 e. The van der Waals surface area contributed by atoms with E-state index in [1.807, 2.05) is 31.2 Å². The van der Waals surface area contributed by atoms with Gasteiger partial charge in [-0.2, -0.15) is 5.26 Å². The normalized spacial score (nSPS) is 15.1. The summed E-state index contributed by atoms with van der Waals surface area (Å²) in [5, 5.41) is 12.3. The number of carbonyl (C=O) groups excluding carboxylic acids is 1. The van der Waals surface area contributed by atoms with E-state index in [9.17, 15) is 10.1 Å². The lowest BCUT2D eigenvalue weighted by Crippen LogP contribution is -2.36. The number of likely N-dealkylation sites (tertiary alicyclic amines) is 1. The quantitative estimate of drug-likeness (QED) is 0.686. The van der Waals surface area contributed by atoms with Gasteiger partial charge < -0.3 is 15.0 Å². The number of aryl methyl sites for hydroxylation is 1. The van der Waals surface area contributed by atoms with E-state index in [0.29, 0.717) is 5.75 Å². The van der Waals surface area contributed by atoms with E-state index in [0.717, 1.165) is 43.6 Å². The highest BCUT2D eigenvalue weighted by Crippen LogP contribution is 2.25. The van der Waals surface area contributed by atoms with Crippen LogP contribution in [-0.4, -0.2) is 31.0 Å². The number of nitriles is 1. The van der Waals surface area contributed by atoms with Gasteiger partial charge in [0.05, 0.1) is 12.8 Å². The Bertz CT molecular complexity index is 611. The number of hydrogen-bond acceptors (Lipinski definition) is 4. The zero-order chi connectivity index (χ0) is 15.9. The molecule has 1 saturated heterocycles. The van der Waals surface area contributed by atoms with Crippen molar-refractivity contribution in [2.45, 2.75) is 26.2 Å². The molecule has 0 unspecified atom stereocenters. The molecule has 0 atom stereocenters. The Morgan fingerprint density at radius 1 is 1.36 bits per heavy atom. The number of nitrogens with zero attached hydrogens (tertiary/aromatic N) is 2. The van der Waals surface area contributed by atoms with Crippen molar-refractivity contribution in [3.8, 4) is 11.8 Å². The van der Waals surface area contributed by atoms with Gasteiger partial charge in [-0.15, -0.1) is 0 Å². The Morgan fingerprint density at radius 3 is 2.73 bits per heavy atom. The van der Waals surface area contributed by atoms with Gasteiger partial charge >= 0.3 is 0 Å². The molecule has 1 N–H and O–H groups in total. The van der Waals surface area contributed by atoms with E-state index in [-0.39, 0.29) is 11.5 Å². The number of anilines is 1. The molecule has 0 spiro atoms. The summed E-state index contributed by atoms with van der Waals surface area (Å²) >= 11 is 0. The molecule has 1 aliphatic rings. The Hall–Kier alpha value is -2.48. The van der Waals surface area contributed by atoms with Crippen LogP contribution in [0.4, 0.5) is 5.69 Å². The first-order valence-corrected chi connectivity index (χ1v) is 7.46. The molecular formula is C17H21N3O2. The average Bonchev–Trinajstić information content (AvgIpc) is 2.56. The van der Waals surface area contributed by atoms with Crippen molar-refractivity contribution in [2.75, 3.05) is 25.5 Å². The van der Waals surface area contributed by atoms with Crippen LogP contribution in [0.3, 0.4) is 0 Å². The number of amides is 1. The van der Waals surface area contributed by atoms with Crippen molar-refractivity contribution >= 4 is 11.6 Å². The lowest BCUT2D eigenvalue weighted by molar-refractivity contribution is -0.127. The molecule has 5 heteroatoms. The highest BCUT2D eigenvalue weighted by Gasteiger charge is 2.20. The van der Waals surface area contributed by atoms with Gasteiger partial charge in [0.25, 0.3) is 5.91 Å². The first-order valence-electron chi connectivity index (χ1n) is 7.46. The van der Waals surface area contributed by atoms with Gasteiger partial charge in [-0.05, 0) is 43.9 Å². The lowest BCUT2D eigenvalue weighted by atomic mass is 10.1. The molecule has 1 aromatic rings. The van der Waals surface area contributed by atoms with Gasteiger partial charge in [0, 0.05) is 19.3 Å². The summed E-state index contributed by atoms with van der Waals surface area (Å²) < 4.78 is 5.27. The van der Waals surface area contributed by atoms with Crippen LogP contribution in [0, 0.1) is 18.3 Å². The van der Waals surface area contributed by atoms with Crippen LogP contribution in [0.2, 0.25) is 0 Å². The van der Waals surface area contributed by atoms with Crippen molar-refractivity contribution < 1.29 is 9.53 Å². The van der Waals surface area contributed by atoms with E-state index >= 15 is 0 Å². The maximum atomic E-state index is 12.3. The van der Waals surface area contributed by atoms with Crippen LogP contribution in [0.25, 0.3) is 0 Å². The highest BCUT2D eigenvalue weighted by molar-refractivity contribution is 5.97. The number of rotatable bonds is 4. The molecule has 1 aliphatic heterocycles. The van der Waals surface area contributed by atoms with Gasteiger partial charge in [-0.1, -0.05) is 6.07 Å². The summed E-state index contributed by atoms with van der Waals surface area (Å²) in [5.41, 5.74) is 1.92. The number of hydrogen-bond donors (Lipinski definition) is 1. The van der Waals surface area contributed by atoms with E-state index in [1.165, 1.54) is 6.20 Å². The molecule has 22 heavy (non-hydrogen) atoms. The van der Waals surface area contributed by atoms with Gasteiger partial charge in [0.15, 0.2) is 0 Å². The molecule has 0 aliphatic carbocycles. The predicted octanol–water partition coefficient (Wildman–Crippen LogP) is 2.84. The Kier molecular flexibility index (Phi) is 5.42. The van der Waals surface area contributed by atoms with Crippen LogP contribution in [0.5, 0.6) is 5.75 Å². The van der Waals surface area contributed by atoms with Gasteiger partial charge in [0.2, 0.25) is 0 Å². The van der Waals surface area contributed by atoms with Crippen molar-refractivity contribution in [1.29, 1.82) is 5.26 Å². The fourth-order valence-electron chi connectivity index (χ4n) is 2.49. The largest absolute Gasteiger partial charge is 0.495 e. The van der Waals surface area contributed by atoms with Gasteiger partial charge in [-0.3, -0.25) is 4.79 Å². The van der Waals surface area contributed by atoms with Crippen LogP contribution in [0.1, 0.15) is 24.8 Å². The number of methoxy groups -OCH3 is 1. The number of piperidine rings is 1. The van der Waals surface area contributed by atoms with E-state index in [2.05, 4.69) is 5.32 Å². The second kappa shape index (κ2) is 7.51. The van der Waals surface area contributed by atoms with Crippen molar-refractivity contribution in [3.05, 3.63) is 35.5 Å². The molecule has 0 aromatic heterocycles. The van der Waals surface area contributed by atoms with Gasteiger partial charge in [-0.25, -0.2) is 0 Å². The SMILES string of the molecule is COc1ccc(C)cc1N/C=C(/C#N)C(=O)N1CCCCC1. The molecule has 1 aromatic carbocycles. The standard InChI is InChI=1S/C17H21N3O2/c1-13-6-7-16(22-2)15(10-13)19-12-14(11-18)17(21)20-8-4-3-5-9-20/h6-7,10,12,19H,3-5,8-9H2,1-2H3/b14-12-. The predicted molar refractivity (Wildman–Crippen MR) is 85.5 cm³/mol. The third-order valence-corrected chi connectivity index (χ3v) is 3.72. The summed E-state index contributed by atoms with van der Waals surface area (Å²) in [4.78, 5) is 14.1. The van der Waals surface area contributed by atoms with Crippen molar-refractivity contribution in [2.24, 2.45) is 0 Å². The zero-order valence-electron chi connectivity index (χ0n) is 13.1. The molecular weight excluding hydrogens is 278 g/mol. The van der Waals surface area contributed by atoms with Crippen molar-refractivity contribution in [1.82, 2.24) is 4.90 Å². The van der Waals surface area contributed by atoms with Gasteiger partial charge in [0.1, 0.15) is 17.4 Å². The zero-order valence-corrected chi connectivity index (χ0v) is 13.1. The Labute approximate surface area is 131 Å². The third kappa shape index (κ3) is 3.79. The molecule has 0 bridgehead atoms. The highest BCUT2D eigenvalue weighted by atomic mass is 16.5. The summed E-state index contributed by atoms with van der Waals surface area (Å²) in [6.45, 7) is 3.43. The smallest absolute Gasteiger partial charge is 0.266 e. The summed E-state index contributed by atoms with van der Waals surface area (Å²) in [6, 6.07) is 7.69. The second-order valence-electron chi connectivity index (χ2n) is 5.37. The maximum Gasteiger partial charge on any atom is 0.266 e. The van der Waals surface area contributed by atoms with E-state index in [1.54, 1.807) is 12.0 Å².